The fraction of sp³-hybridized carbons (Fsp3) is 0.240. The van der Waals surface area contributed by atoms with Crippen LogP contribution in [0.1, 0.15) is 51.1 Å². The Balaban J connectivity index is 1.87. The molecule has 0 fully saturated rings. The molecule has 32 heavy (non-hydrogen) atoms. The van der Waals surface area contributed by atoms with Crippen molar-refractivity contribution >= 4 is 33.2 Å². The molecule has 3 aromatic carbocycles. The van der Waals surface area contributed by atoms with Crippen molar-refractivity contribution in [2.45, 2.75) is 45.6 Å². The molecule has 1 amide bonds. The SMILES string of the molecule is Cc1ccc(C(C)NC(=O)c2ccc(Cl)c(S(=O)(=O)Nc3cccc(C)c3C)c2)c(C)c1. The van der Waals surface area contributed by atoms with Gasteiger partial charge in [0.25, 0.3) is 15.9 Å². The third-order valence-electron chi connectivity index (χ3n) is 5.57. The van der Waals surface area contributed by atoms with Crippen LogP contribution in [0.4, 0.5) is 5.69 Å². The largest absolute Gasteiger partial charge is 0.346 e. The van der Waals surface area contributed by atoms with Gasteiger partial charge < -0.3 is 5.32 Å². The second-order valence-corrected chi connectivity index (χ2v) is 10.1. The number of benzene rings is 3. The average molecular weight is 471 g/mol. The van der Waals surface area contributed by atoms with Gasteiger partial charge in [0.15, 0.2) is 0 Å². The number of halogens is 1. The topological polar surface area (TPSA) is 75.3 Å². The third kappa shape index (κ3) is 5.14. The number of carbonyl (C=O) groups excluding carboxylic acids is 1. The number of amides is 1. The molecule has 0 aromatic heterocycles. The van der Waals surface area contributed by atoms with Crippen LogP contribution in [-0.2, 0) is 10.0 Å². The standard InChI is InChI=1S/C25H27ClN2O3S/c1-15-9-11-21(17(3)13-15)19(5)27-25(29)20-10-12-22(26)24(14-20)32(30,31)28-23-8-6-7-16(2)18(23)4/h6-14,19,28H,1-5H3,(H,27,29). The highest BCUT2D eigenvalue weighted by Crippen LogP contribution is 2.27. The Labute approximate surface area is 194 Å². The van der Waals surface area contributed by atoms with E-state index in [-0.39, 0.29) is 27.4 Å². The summed E-state index contributed by atoms with van der Waals surface area (Å²) in [4.78, 5) is 12.7. The molecular weight excluding hydrogens is 444 g/mol. The van der Waals surface area contributed by atoms with Crippen molar-refractivity contribution < 1.29 is 13.2 Å². The molecule has 1 unspecified atom stereocenters. The minimum absolute atomic E-state index is 0.0433. The summed E-state index contributed by atoms with van der Waals surface area (Å²) in [7, 11) is -3.99. The van der Waals surface area contributed by atoms with Crippen molar-refractivity contribution in [1.82, 2.24) is 5.32 Å². The van der Waals surface area contributed by atoms with Crippen molar-refractivity contribution in [3.05, 3.63) is 93.0 Å². The molecule has 0 saturated heterocycles. The van der Waals surface area contributed by atoms with Crippen LogP contribution < -0.4 is 10.0 Å². The summed E-state index contributed by atoms with van der Waals surface area (Å²) in [5.41, 5.74) is 5.70. The first-order valence-electron chi connectivity index (χ1n) is 10.3. The predicted octanol–water partition coefficient (Wildman–Crippen LogP) is 5.87. The van der Waals surface area contributed by atoms with E-state index in [4.69, 9.17) is 11.6 Å². The summed E-state index contributed by atoms with van der Waals surface area (Å²) in [5, 5.41) is 2.98. The summed E-state index contributed by atoms with van der Waals surface area (Å²) >= 11 is 6.21. The van der Waals surface area contributed by atoms with E-state index in [2.05, 4.69) is 16.1 Å². The van der Waals surface area contributed by atoms with Crippen molar-refractivity contribution in [3.63, 3.8) is 0 Å². The van der Waals surface area contributed by atoms with Crippen LogP contribution in [-0.4, -0.2) is 14.3 Å². The normalized spacial score (nSPS) is 12.3. The van der Waals surface area contributed by atoms with E-state index < -0.39 is 10.0 Å². The predicted molar refractivity (Wildman–Crippen MR) is 130 cm³/mol. The Morgan fingerprint density at radius 3 is 2.34 bits per heavy atom. The van der Waals surface area contributed by atoms with Crippen LogP contribution in [0.5, 0.6) is 0 Å². The highest BCUT2D eigenvalue weighted by atomic mass is 35.5. The van der Waals surface area contributed by atoms with Gasteiger partial charge in [-0.1, -0.05) is 47.5 Å². The van der Waals surface area contributed by atoms with Crippen molar-refractivity contribution in [2.24, 2.45) is 0 Å². The number of rotatable bonds is 6. The molecule has 3 rings (SSSR count). The first-order valence-corrected chi connectivity index (χ1v) is 12.1. The van der Waals surface area contributed by atoms with Gasteiger partial charge in [0, 0.05) is 5.56 Å². The van der Waals surface area contributed by atoms with Gasteiger partial charge in [0.05, 0.1) is 16.8 Å². The van der Waals surface area contributed by atoms with Gasteiger partial charge >= 0.3 is 0 Å². The molecule has 0 spiro atoms. The molecule has 0 aliphatic carbocycles. The zero-order valence-electron chi connectivity index (χ0n) is 18.8. The maximum absolute atomic E-state index is 13.1. The number of sulfonamides is 1. The molecule has 0 radical (unpaired) electrons. The van der Waals surface area contributed by atoms with Crippen LogP contribution in [0.3, 0.4) is 0 Å². The summed E-state index contributed by atoms with van der Waals surface area (Å²) in [6, 6.07) is 15.4. The molecule has 168 valence electrons. The molecule has 0 bridgehead atoms. The molecule has 7 heteroatoms. The summed E-state index contributed by atoms with van der Waals surface area (Å²) < 4.78 is 28.7. The van der Waals surface area contributed by atoms with E-state index in [1.807, 2.05) is 52.8 Å². The highest BCUT2D eigenvalue weighted by Gasteiger charge is 2.22. The van der Waals surface area contributed by atoms with Crippen LogP contribution >= 0.6 is 11.6 Å². The third-order valence-corrected chi connectivity index (χ3v) is 7.42. The summed E-state index contributed by atoms with van der Waals surface area (Å²) in [6.45, 7) is 9.65. The number of anilines is 1. The molecule has 0 saturated carbocycles. The van der Waals surface area contributed by atoms with Crippen molar-refractivity contribution in [2.75, 3.05) is 4.72 Å². The maximum Gasteiger partial charge on any atom is 0.263 e. The number of hydrogen-bond donors (Lipinski definition) is 2. The highest BCUT2D eigenvalue weighted by molar-refractivity contribution is 7.92. The van der Waals surface area contributed by atoms with E-state index in [0.717, 1.165) is 27.8 Å². The summed E-state index contributed by atoms with van der Waals surface area (Å²) in [6.07, 6.45) is 0. The number of hydrogen-bond acceptors (Lipinski definition) is 3. The van der Waals surface area contributed by atoms with Crippen molar-refractivity contribution in [3.8, 4) is 0 Å². The smallest absolute Gasteiger partial charge is 0.263 e. The van der Waals surface area contributed by atoms with Crippen LogP contribution in [0, 0.1) is 27.7 Å². The minimum atomic E-state index is -3.99. The molecule has 2 N–H and O–H groups in total. The Bertz CT molecular complexity index is 1290. The van der Waals surface area contributed by atoms with Gasteiger partial charge in [-0.05, 0) is 81.1 Å². The molecule has 0 heterocycles. The van der Waals surface area contributed by atoms with E-state index >= 15 is 0 Å². The van der Waals surface area contributed by atoms with Gasteiger partial charge in [-0.2, -0.15) is 0 Å². The lowest BCUT2D eigenvalue weighted by atomic mass is 10.00. The fourth-order valence-electron chi connectivity index (χ4n) is 3.58. The van der Waals surface area contributed by atoms with E-state index in [1.54, 1.807) is 12.1 Å². The monoisotopic (exact) mass is 470 g/mol. The fourth-order valence-corrected chi connectivity index (χ4v) is 5.23. The van der Waals surface area contributed by atoms with Gasteiger partial charge in [-0.3, -0.25) is 9.52 Å². The number of aryl methyl sites for hydroxylation is 3. The van der Waals surface area contributed by atoms with Gasteiger partial charge in [0.1, 0.15) is 4.90 Å². The Hall–Kier alpha value is -2.83. The van der Waals surface area contributed by atoms with Gasteiger partial charge in [-0.15, -0.1) is 0 Å². The van der Waals surface area contributed by atoms with Gasteiger partial charge in [0.2, 0.25) is 0 Å². The molecular formula is C25H27ClN2O3S. The van der Waals surface area contributed by atoms with Crippen LogP contribution in [0.15, 0.2) is 59.5 Å². The van der Waals surface area contributed by atoms with Crippen LogP contribution in [0.2, 0.25) is 5.02 Å². The second-order valence-electron chi connectivity index (χ2n) is 8.05. The Morgan fingerprint density at radius 2 is 1.66 bits per heavy atom. The molecule has 5 nitrogen and oxygen atoms in total. The van der Waals surface area contributed by atoms with E-state index in [1.165, 1.54) is 18.2 Å². The number of nitrogens with one attached hydrogen (secondary N) is 2. The lowest BCUT2D eigenvalue weighted by Gasteiger charge is -2.18. The Kier molecular flexibility index (Phi) is 6.96. The molecule has 0 aliphatic rings. The zero-order chi connectivity index (χ0) is 23.6. The van der Waals surface area contributed by atoms with E-state index in [9.17, 15) is 13.2 Å². The van der Waals surface area contributed by atoms with Gasteiger partial charge in [-0.25, -0.2) is 8.42 Å². The van der Waals surface area contributed by atoms with Crippen LogP contribution in [0.25, 0.3) is 0 Å². The first kappa shape index (κ1) is 23.8. The second kappa shape index (κ2) is 9.35. The number of carbonyl (C=O) groups is 1. The lowest BCUT2D eigenvalue weighted by Crippen LogP contribution is -2.27. The molecule has 1 atom stereocenters. The van der Waals surface area contributed by atoms with E-state index in [0.29, 0.717) is 5.69 Å². The molecule has 0 aliphatic heterocycles. The van der Waals surface area contributed by atoms with Crippen molar-refractivity contribution in [1.29, 1.82) is 0 Å². The Morgan fingerprint density at radius 1 is 0.938 bits per heavy atom. The lowest BCUT2D eigenvalue weighted by molar-refractivity contribution is 0.0939. The quantitative estimate of drug-likeness (QED) is 0.473. The average Bonchev–Trinajstić information content (AvgIpc) is 2.71. The first-order chi connectivity index (χ1) is 15.0. The minimum Gasteiger partial charge on any atom is -0.346 e. The summed E-state index contributed by atoms with van der Waals surface area (Å²) in [5.74, 6) is -0.377. The maximum atomic E-state index is 13.1. The molecule has 3 aromatic rings. The zero-order valence-corrected chi connectivity index (χ0v) is 20.4.